The molecular formula is C11H18N2S2. The topological polar surface area (TPSA) is 24.9 Å². The van der Waals surface area contributed by atoms with E-state index in [0.717, 1.165) is 6.42 Å². The van der Waals surface area contributed by atoms with Gasteiger partial charge in [0.15, 0.2) is 0 Å². The maximum atomic E-state index is 4.48. The van der Waals surface area contributed by atoms with E-state index >= 15 is 0 Å². The summed E-state index contributed by atoms with van der Waals surface area (Å²) < 4.78 is 0. The van der Waals surface area contributed by atoms with E-state index in [-0.39, 0.29) is 0 Å². The summed E-state index contributed by atoms with van der Waals surface area (Å²) in [5.74, 6) is 2.58. The number of rotatable bonds is 4. The maximum Gasteiger partial charge on any atom is 0.110 e. The standard InChI is InChI=1S/C11H18N2S2/c1-3-10(11-12-6-8(2)15-11)13-9-4-5-14-7-9/h6,9-10,13H,3-5,7H2,1-2H3. The Balaban J connectivity index is 1.97. The first-order chi connectivity index (χ1) is 7.29. The van der Waals surface area contributed by atoms with Crippen molar-refractivity contribution in [3.8, 4) is 0 Å². The third-order valence-corrected chi connectivity index (χ3v) is 4.90. The number of nitrogens with one attached hydrogen (secondary N) is 1. The number of aromatic nitrogens is 1. The van der Waals surface area contributed by atoms with Crippen LogP contribution in [0.5, 0.6) is 0 Å². The van der Waals surface area contributed by atoms with Crippen molar-refractivity contribution in [2.75, 3.05) is 11.5 Å². The Kier molecular flexibility index (Phi) is 4.05. The van der Waals surface area contributed by atoms with E-state index in [1.165, 1.54) is 27.8 Å². The molecule has 4 heteroatoms. The third kappa shape index (κ3) is 2.95. The molecule has 1 saturated heterocycles. The molecule has 0 aliphatic carbocycles. The van der Waals surface area contributed by atoms with Gasteiger partial charge in [0, 0.05) is 22.9 Å². The molecule has 2 nitrogen and oxygen atoms in total. The van der Waals surface area contributed by atoms with Crippen molar-refractivity contribution in [1.29, 1.82) is 0 Å². The van der Waals surface area contributed by atoms with Crippen molar-refractivity contribution >= 4 is 23.1 Å². The molecule has 0 amide bonds. The lowest BCUT2D eigenvalue weighted by Gasteiger charge is -2.19. The fourth-order valence-electron chi connectivity index (χ4n) is 1.85. The summed E-state index contributed by atoms with van der Waals surface area (Å²) in [6.45, 7) is 4.36. The molecule has 1 aliphatic rings. The van der Waals surface area contributed by atoms with Crippen LogP contribution >= 0.6 is 23.1 Å². The van der Waals surface area contributed by atoms with Crippen LogP contribution in [0.15, 0.2) is 6.20 Å². The van der Waals surface area contributed by atoms with Crippen molar-refractivity contribution in [2.24, 2.45) is 0 Å². The molecule has 2 unspecified atom stereocenters. The fraction of sp³-hybridized carbons (Fsp3) is 0.727. The smallest absolute Gasteiger partial charge is 0.110 e. The highest BCUT2D eigenvalue weighted by Gasteiger charge is 2.20. The Hall–Kier alpha value is -0.0600. The van der Waals surface area contributed by atoms with Crippen LogP contribution in [0.3, 0.4) is 0 Å². The van der Waals surface area contributed by atoms with Crippen LogP contribution in [-0.4, -0.2) is 22.5 Å². The Bertz CT molecular complexity index is 305. The number of thioether (sulfide) groups is 1. The van der Waals surface area contributed by atoms with Gasteiger partial charge in [-0.15, -0.1) is 11.3 Å². The average Bonchev–Trinajstić information content (AvgIpc) is 2.85. The summed E-state index contributed by atoms with van der Waals surface area (Å²) in [4.78, 5) is 5.79. The number of hydrogen-bond acceptors (Lipinski definition) is 4. The molecule has 0 saturated carbocycles. The van der Waals surface area contributed by atoms with E-state index < -0.39 is 0 Å². The molecule has 0 bridgehead atoms. The molecule has 2 atom stereocenters. The molecule has 1 fully saturated rings. The SMILES string of the molecule is CCC(NC1CCSC1)c1ncc(C)s1. The van der Waals surface area contributed by atoms with Crippen molar-refractivity contribution in [3.05, 3.63) is 16.1 Å². The van der Waals surface area contributed by atoms with Crippen LogP contribution in [0, 0.1) is 6.92 Å². The molecule has 1 aliphatic heterocycles. The Labute approximate surface area is 99.9 Å². The highest BCUT2D eigenvalue weighted by atomic mass is 32.2. The molecule has 84 valence electrons. The molecule has 15 heavy (non-hydrogen) atoms. The van der Waals surface area contributed by atoms with Gasteiger partial charge in [-0.3, -0.25) is 0 Å². The predicted molar refractivity (Wildman–Crippen MR) is 68.7 cm³/mol. The van der Waals surface area contributed by atoms with Gasteiger partial charge in [-0.25, -0.2) is 4.98 Å². The minimum Gasteiger partial charge on any atom is -0.304 e. The normalized spacial score (nSPS) is 23.2. The lowest BCUT2D eigenvalue weighted by Crippen LogP contribution is -2.32. The zero-order valence-electron chi connectivity index (χ0n) is 9.32. The largest absolute Gasteiger partial charge is 0.304 e. The second kappa shape index (κ2) is 5.32. The zero-order chi connectivity index (χ0) is 10.7. The molecule has 0 aromatic carbocycles. The Morgan fingerprint density at radius 2 is 2.53 bits per heavy atom. The van der Waals surface area contributed by atoms with E-state index in [4.69, 9.17) is 0 Å². The molecule has 2 rings (SSSR count). The highest BCUT2D eigenvalue weighted by Crippen LogP contribution is 2.25. The van der Waals surface area contributed by atoms with Crippen molar-refractivity contribution < 1.29 is 0 Å². The number of thiazole rings is 1. The first-order valence-electron chi connectivity index (χ1n) is 5.55. The predicted octanol–water partition coefficient (Wildman–Crippen LogP) is 3.00. The molecule has 1 aromatic rings. The van der Waals surface area contributed by atoms with Gasteiger partial charge in [0.2, 0.25) is 0 Å². The third-order valence-electron chi connectivity index (χ3n) is 2.71. The maximum absolute atomic E-state index is 4.48. The Morgan fingerprint density at radius 3 is 3.07 bits per heavy atom. The fourth-order valence-corrected chi connectivity index (χ4v) is 3.93. The number of aryl methyl sites for hydroxylation is 1. The summed E-state index contributed by atoms with van der Waals surface area (Å²) in [6, 6.07) is 1.16. The second-order valence-corrected chi connectivity index (χ2v) is 6.41. The number of hydrogen-bond donors (Lipinski definition) is 1. The quantitative estimate of drug-likeness (QED) is 0.878. The highest BCUT2D eigenvalue weighted by molar-refractivity contribution is 7.99. The van der Waals surface area contributed by atoms with Crippen LogP contribution < -0.4 is 5.32 Å². The van der Waals surface area contributed by atoms with Crippen molar-refractivity contribution in [1.82, 2.24) is 10.3 Å². The van der Waals surface area contributed by atoms with E-state index in [1.54, 1.807) is 0 Å². The van der Waals surface area contributed by atoms with E-state index in [1.807, 2.05) is 17.5 Å². The second-order valence-electron chi connectivity index (χ2n) is 4.00. The number of nitrogens with zero attached hydrogens (tertiary/aromatic N) is 1. The van der Waals surface area contributed by atoms with E-state index in [2.05, 4.69) is 35.9 Å². The van der Waals surface area contributed by atoms with Gasteiger partial charge in [-0.1, -0.05) is 6.92 Å². The Morgan fingerprint density at radius 1 is 1.67 bits per heavy atom. The van der Waals surface area contributed by atoms with Crippen LogP contribution in [0.25, 0.3) is 0 Å². The molecule has 1 N–H and O–H groups in total. The van der Waals surface area contributed by atoms with Gasteiger partial charge in [-0.05, 0) is 25.5 Å². The minimum atomic E-state index is 0.465. The summed E-state index contributed by atoms with van der Waals surface area (Å²) >= 11 is 3.88. The molecule has 0 radical (unpaired) electrons. The molecular weight excluding hydrogens is 224 g/mol. The van der Waals surface area contributed by atoms with Crippen molar-refractivity contribution in [2.45, 2.75) is 38.8 Å². The van der Waals surface area contributed by atoms with Crippen LogP contribution in [-0.2, 0) is 0 Å². The molecule has 0 spiro atoms. The van der Waals surface area contributed by atoms with Gasteiger partial charge in [0.25, 0.3) is 0 Å². The summed E-state index contributed by atoms with van der Waals surface area (Å²) in [6.07, 6.45) is 4.42. The van der Waals surface area contributed by atoms with Crippen LogP contribution in [0.4, 0.5) is 0 Å². The van der Waals surface area contributed by atoms with E-state index in [9.17, 15) is 0 Å². The van der Waals surface area contributed by atoms with Crippen LogP contribution in [0.2, 0.25) is 0 Å². The van der Waals surface area contributed by atoms with Gasteiger partial charge in [-0.2, -0.15) is 11.8 Å². The summed E-state index contributed by atoms with van der Waals surface area (Å²) in [7, 11) is 0. The summed E-state index contributed by atoms with van der Waals surface area (Å²) in [5.41, 5.74) is 0. The van der Waals surface area contributed by atoms with Gasteiger partial charge < -0.3 is 5.32 Å². The first-order valence-corrected chi connectivity index (χ1v) is 7.53. The van der Waals surface area contributed by atoms with Gasteiger partial charge in [0.05, 0.1) is 6.04 Å². The molecule has 2 heterocycles. The molecule has 1 aromatic heterocycles. The van der Waals surface area contributed by atoms with Gasteiger partial charge in [0.1, 0.15) is 5.01 Å². The van der Waals surface area contributed by atoms with E-state index in [0.29, 0.717) is 12.1 Å². The minimum absolute atomic E-state index is 0.465. The average molecular weight is 242 g/mol. The lowest BCUT2D eigenvalue weighted by atomic mass is 10.2. The van der Waals surface area contributed by atoms with Gasteiger partial charge >= 0.3 is 0 Å². The zero-order valence-corrected chi connectivity index (χ0v) is 11.0. The lowest BCUT2D eigenvalue weighted by molar-refractivity contribution is 0.449. The first kappa shape index (κ1) is 11.4. The monoisotopic (exact) mass is 242 g/mol. The van der Waals surface area contributed by atoms with Crippen molar-refractivity contribution in [3.63, 3.8) is 0 Å². The summed E-state index contributed by atoms with van der Waals surface area (Å²) in [5, 5.41) is 4.98. The van der Waals surface area contributed by atoms with Crippen LogP contribution in [0.1, 0.15) is 35.7 Å².